The van der Waals surface area contributed by atoms with Gasteiger partial charge in [0.1, 0.15) is 0 Å². The van der Waals surface area contributed by atoms with E-state index >= 15 is 0 Å². The van der Waals surface area contributed by atoms with E-state index in [0.29, 0.717) is 13.1 Å². The number of carboxylic acids is 3. The second-order valence-electron chi connectivity index (χ2n) is 8.29. The number of hydrogen-bond donors (Lipinski definition) is 5. The van der Waals surface area contributed by atoms with Gasteiger partial charge in [-0.25, -0.2) is 0 Å². The molecule has 0 bridgehead atoms. The average Bonchev–Trinajstić information content (AvgIpc) is 2.74. The second-order valence-corrected chi connectivity index (χ2v) is 8.29. The first kappa shape index (κ1) is 32.2. The molecular formula is C22H41N5O8. The predicted molar refractivity (Wildman–Crippen MR) is 128 cm³/mol. The minimum atomic E-state index is -1.11. The zero-order chi connectivity index (χ0) is 26.6. The quantitative estimate of drug-likeness (QED) is 0.114. The summed E-state index contributed by atoms with van der Waals surface area (Å²) in [6.45, 7) is 4.08. The summed E-state index contributed by atoms with van der Waals surface area (Å²) < 4.78 is 0. The van der Waals surface area contributed by atoms with E-state index in [1.165, 1.54) is 14.7 Å². The van der Waals surface area contributed by atoms with Crippen LogP contribution < -0.4 is 10.6 Å². The van der Waals surface area contributed by atoms with Crippen LogP contribution in [0.15, 0.2) is 0 Å². The molecule has 0 spiro atoms. The van der Waals surface area contributed by atoms with Gasteiger partial charge in [-0.3, -0.25) is 38.7 Å². The summed E-state index contributed by atoms with van der Waals surface area (Å²) >= 11 is 0. The van der Waals surface area contributed by atoms with Crippen LogP contribution in [0.5, 0.6) is 0 Å². The standard InChI is InChI=1S/C22H41N5O8/c1-3-5-7-23-18(28)13-26(16-21(32)33)11-9-25(15-20(30)31)10-12-27(17-22(34)35)14-19(29)24-8-6-4-2/h3-17H2,1-2H3,(H,23,28)(H,24,29)(H,30,31)(H,32,33)(H,34,35). The highest BCUT2D eigenvalue weighted by atomic mass is 16.4. The lowest BCUT2D eigenvalue weighted by Gasteiger charge is -2.28. The molecule has 35 heavy (non-hydrogen) atoms. The van der Waals surface area contributed by atoms with E-state index in [9.17, 15) is 29.1 Å². The van der Waals surface area contributed by atoms with E-state index in [0.717, 1.165) is 25.7 Å². The molecule has 2 amide bonds. The van der Waals surface area contributed by atoms with Crippen molar-refractivity contribution < 1.29 is 39.3 Å². The molecule has 13 heteroatoms. The normalized spacial score (nSPS) is 11.1. The van der Waals surface area contributed by atoms with Crippen molar-refractivity contribution in [1.29, 1.82) is 0 Å². The molecule has 0 radical (unpaired) electrons. The number of rotatable bonds is 22. The maximum Gasteiger partial charge on any atom is 0.317 e. The van der Waals surface area contributed by atoms with Crippen molar-refractivity contribution in [3.8, 4) is 0 Å². The van der Waals surface area contributed by atoms with Crippen molar-refractivity contribution in [2.24, 2.45) is 0 Å². The molecule has 0 atom stereocenters. The van der Waals surface area contributed by atoms with Crippen molar-refractivity contribution in [2.45, 2.75) is 39.5 Å². The highest BCUT2D eigenvalue weighted by molar-refractivity contribution is 5.79. The van der Waals surface area contributed by atoms with Crippen LogP contribution in [0.25, 0.3) is 0 Å². The molecule has 0 aliphatic rings. The Kier molecular flexibility index (Phi) is 18.0. The third-order valence-corrected chi connectivity index (χ3v) is 4.98. The fourth-order valence-electron chi connectivity index (χ4n) is 3.16. The molecule has 0 saturated carbocycles. The van der Waals surface area contributed by atoms with Gasteiger partial charge < -0.3 is 26.0 Å². The molecule has 13 nitrogen and oxygen atoms in total. The number of unbranched alkanes of at least 4 members (excludes halogenated alkanes) is 2. The summed E-state index contributed by atoms with van der Waals surface area (Å²) in [7, 11) is 0. The van der Waals surface area contributed by atoms with Crippen molar-refractivity contribution >= 4 is 29.7 Å². The molecule has 0 aromatic carbocycles. The second kappa shape index (κ2) is 19.5. The Morgan fingerprint density at radius 2 is 0.857 bits per heavy atom. The third-order valence-electron chi connectivity index (χ3n) is 4.98. The minimum Gasteiger partial charge on any atom is -0.480 e. The lowest BCUT2D eigenvalue weighted by Crippen LogP contribution is -2.47. The first-order valence-electron chi connectivity index (χ1n) is 11.9. The van der Waals surface area contributed by atoms with E-state index in [1.54, 1.807) is 0 Å². The van der Waals surface area contributed by atoms with Crippen molar-refractivity contribution in [3.63, 3.8) is 0 Å². The maximum atomic E-state index is 12.1. The van der Waals surface area contributed by atoms with Gasteiger partial charge in [0.25, 0.3) is 0 Å². The average molecular weight is 504 g/mol. The topological polar surface area (TPSA) is 180 Å². The summed E-state index contributed by atoms with van der Waals surface area (Å²) in [5.74, 6) is -3.96. The van der Waals surface area contributed by atoms with Crippen LogP contribution in [-0.2, 0) is 24.0 Å². The van der Waals surface area contributed by atoms with Crippen LogP contribution in [0, 0.1) is 0 Å². The van der Waals surface area contributed by atoms with E-state index in [1.807, 2.05) is 13.8 Å². The lowest BCUT2D eigenvalue weighted by molar-refractivity contribution is -0.141. The van der Waals surface area contributed by atoms with E-state index in [2.05, 4.69) is 10.6 Å². The first-order valence-corrected chi connectivity index (χ1v) is 11.9. The smallest absolute Gasteiger partial charge is 0.317 e. The molecule has 0 unspecified atom stereocenters. The Morgan fingerprint density at radius 3 is 1.17 bits per heavy atom. The molecule has 0 aliphatic carbocycles. The van der Waals surface area contributed by atoms with Crippen LogP contribution in [-0.4, -0.2) is 132 Å². The fraction of sp³-hybridized carbons (Fsp3) is 0.773. The molecule has 0 fully saturated rings. The zero-order valence-corrected chi connectivity index (χ0v) is 20.8. The lowest BCUT2D eigenvalue weighted by atomic mass is 10.3. The van der Waals surface area contributed by atoms with Crippen molar-refractivity contribution in [1.82, 2.24) is 25.3 Å². The molecule has 0 aliphatic heterocycles. The van der Waals surface area contributed by atoms with Crippen molar-refractivity contribution in [3.05, 3.63) is 0 Å². The summed E-state index contributed by atoms with van der Waals surface area (Å²) in [6, 6.07) is 0. The molecule has 202 valence electrons. The highest BCUT2D eigenvalue weighted by Gasteiger charge is 2.19. The zero-order valence-electron chi connectivity index (χ0n) is 20.8. The van der Waals surface area contributed by atoms with Crippen LogP contribution in [0.4, 0.5) is 0 Å². The van der Waals surface area contributed by atoms with Crippen LogP contribution in [0.1, 0.15) is 39.5 Å². The third kappa shape index (κ3) is 19.3. The predicted octanol–water partition coefficient (Wildman–Crippen LogP) is -1.02. The van der Waals surface area contributed by atoms with Gasteiger partial charge in [-0.2, -0.15) is 0 Å². The van der Waals surface area contributed by atoms with Gasteiger partial charge in [0, 0.05) is 39.3 Å². The largest absolute Gasteiger partial charge is 0.480 e. The van der Waals surface area contributed by atoms with Crippen molar-refractivity contribution in [2.75, 3.05) is 72.0 Å². The summed E-state index contributed by atoms with van der Waals surface area (Å²) in [4.78, 5) is 62.3. The Labute approximate surface area is 206 Å². The SMILES string of the molecule is CCCCNC(=O)CN(CCN(CCN(CC(=O)O)CC(=O)NCCCC)CC(=O)O)CC(=O)O. The Balaban J connectivity index is 5.00. The number of carbonyl (C=O) groups is 5. The van der Waals surface area contributed by atoms with Gasteiger partial charge in [-0.1, -0.05) is 26.7 Å². The van der Waals surface area contributed by atoms with E-state index in [-0.39, 0.29) is 70.7 Å². The molecule has 0 rings (SSSR count). The molecular weight excluding hydrogens is 462 g/mol. The molecule has 0 saturated heterocycles. The molecule has 0 heterocycles. The number of amides is 2. The van der Waals surface area contributed by atoms with Gasteiger partial charge in [-0.05, 0) is 12.8 Å². The van der Waals surface area contributed by atoms with Gasteiger partial charge in [0.05, 0.1) is 32.7 Å². The van der Waals surface area contributed by atoms with Gasteiger partial charge in [0.15, 0.2) is 0 Å². The maximum absolute atomic E-state index is 12.1. The number of nitrogens with zero attached hydrogens (tertiary/aromatic N) is 3. The summed E-state index contributed by atoms with van der Waals surface area (Å²) in [5.41, 5.74) is 0. The number of hydrogen-bond acceptors (Lipinski definition) is 8. The Hall–Kier alpha value is -2.77. The van der Waals surface area contributed by atoms with Crippen LogP contribution in [0.3, 0.4) is 0 Å². The number of carboxylic acid groups (broad SMARTS) is 3. The first-order chi connectivity index (χ1) is 16.6. The molecule has 5 N–H and O–H groups in total. The monoisotopic (exact) mass is 503 g/mol. The summed E-state index contributed by atoms with van der Waals surface area (Å²) in [6.07, 6.45) is 3.42. The van der Waals surface area contributed by atoms with Gasteiger partial charge in [0.2, 0.25) is 11.8 Å². The number of carbonyl (C=O) groups excluding carboxylic acids is 2. The molecule has 0 aromatic heterocycles. The summed E-state index contributed by atoms with van der Waals surface area (Å²) in [5, 5.41) is 33.0. The highest BCUT2D eigenvalue weighted by Crippen LogP contribution is 1.98. The minimum absolute atomic E-state index is 0.122. The van der Waals surface area contributed by atoms with E-state index < -0.39 is 17.9 Å². The van der Waals surface area contributed by atoms with Gasteiger partial charge in [-0.15, -0.1) is 0 Å². The Bertz CT molecular complexity index is 628. The molecule has 0 aromatic rings. The van der Waals surface area contributed by atoms with Gasteiger partial charge >= 0.3 is 17.9 Å². The number of nitrogens with one attached hydrogen (secondary N) is 2. The van der Waals surface area contributed by atoms with E-state index in [4.69, 9.17) is 10.2 Å². The van der Waals surface area contributed by atoms with Crippen LogP contribution in [0.2, 0.25) is 0 Å². The number of aliphatic carboxylic acids is 3. The van der Waals surface area contributed by atoms with Crippen LogP contribution >= 0.6 is 0 Å². The Morgan fingerprint density at radius 1 is 0.543 bits per heavy atom. The fourth-order valence-corrected chi connectivity index (χ4v) is 3.16.